The first-order valence-corrected chi connectivity index (χ1v) is 8.67. The zero-order valence-electron chi connectivity index (χ0n) is 15.2. The number of aromatic nitrogens is 2. The van der Waals surface area contributed by atoms with Gasteiger partial charge in [-0.3, -0.25) is 30.0 Å². The van der Waals surface area contributed by atoms with Crippen LogP contribution in [0.2, 0.25) is 0 Å². The van der Waals surface area contributed by atoms with Gasteiger partial charge >= 0.3 is 22.6 Å². The van der Waals surface area contributed by atoms with E-state index in [1.54, 1.807) is 4.98 Å². The van der Waals surface area contributed by atoms with Crippen molar-refractivity contribution in [2.24, 2.45) is 0 Å². The second kappa shape index (κ2) is 9.94. The molecule has 0 spiro atoms. The number of H-pyrrole nitrogens is 2. The molecule has 1 aromatic heterocycles. The van der Waals surface area contributed by atoms with Gasteiger partial charge in [-0.1, -0.05) is 12.5 Å². The van der Waals surface area contributed by atoms with E-state index >= 15 is 0 Å². The maximum atomic E-state index is 11.4. The van der Waals surface area contributed by atoms with E-state index in [2.05, 4.69) is 10.3 Å². The van der Waals surface area contributed by atoms with Crippen molar-refractivity contribution >= 4 is 23.5 Å². The molecule has 2 heterocycles. The number of nitro benzene ring substituents is 1. The summed E-state index contributed by atoms with van der Waals surface area (Å²) < 4.78 is 0. The van der Waals surface area contributed by atoms with Crippen LogP contribution in [-0.2, 0) is 0 Å². The molecule has 12 heteroatoms. The van der Waals surface area contributed by atoms with Gasteiger partial charge in [0.2, 0.25) is 0 Å². The number of nitro groups is 2. The molecule has 154 valence electrons. The smallest absolute Gasteiger partial charge is 0.357 e. The lowest BCUT2D eigenvalue weighted by atomic mass is 10.1. The summed E-state index contributed by atoms with van der Waals surface area (Å²) in [6.45, 7) is 2.50. The molecule has 0 aliphatic carbocycles. The van der Waals surface area contributed by atoms with Crippen molar-refractivity contribution in [2.75, 3.05) is 13.1 Å². The van der Waals surface area contributed by atoms with Gasteiger partial charge in [-0.25, -0.2) is 4.79 Å². The Hall–Kier alpha value is -3.80. The Morgan fingerprint density at radius 1 is 0.966 bits per heavy atom. The molecule has 1 fully saturated rings. The number of nitrogens with one attached hydrogen (secondary N) is 3. The first kappa shape index (κ1) is 21.5. The van der Waals surface area contributed by atoms with Gasteiger partial charge in [0.05, 0.1) is 9.85 Å². The van der Waals surface area contributed by atoms with E-state index in [0.717, 1.165) is 18.2 Å². The van der Waals surface area contributed by atoms with Crippen molar-refractivity contribution < 1.29 is 15.0 Å². The Kier molecular flexibility index (Phi) is 7.37. The number of hydrogen-bond acceptors (Lipinski definition) is 8. The Labute approximate surface area is 163 Å². The summed E-state index contributed by atoms with van der Waals surface area (Å²) in [6, 6.07) is 3.39. The summed E-state index contributed by atoms with van der Waals surface area (Å²) in [6.07, 6.45) is 6.53. The van der Waals surface area contributed by atoms with Gasteiger partial charge in [0, 0.05) is 6.07 Å². The Morgan fingerprint density at radius 2 is 1.66 bits per heavy atom. The van der Waals surface area contributed by atoms with Crippen LogP contribution in [0, 0.1) is 20.2 Å². The molecule has 1 aliphatic heterocycles. The van der Waals surface area contributed by atoms with Crippen molar-refractivity contribution in [3.05, 3.63) is 70.5 Å². The lowest BCUT2D eigenvalue weighted by molar-refractivity contribution is -0.386. The summed E-state index contributed by atoms with van der Waals surface area (Å²) in [5.74, 6) is -0.592. The highest BCUT2D eigenvalue weighted by Crippen LogP contribution is 2.27. The van der Waals surface area contributed by atoms with Crippen molar-refractivity contribution in [1.82, 2.24) is 15.3 Å². The zero-order chi connectivity index (χ0) is 21.4. The Balaban J connectivity index is 0.000000426. The SMILES string of the molecule is C1CCNCC1.O=c1[nH]c(/C=C/c2ccc([N+](=O)[O-])c(O)c2)c([N+](=O)[O-])c(=O)[nH]1. The van der Waals surface area contributed by atoms with Crippen molar-refractivity contribution in [3.63, 3.8) is 0 Å². The fraction of sp³-hybridized carbons (Fsp3) is 0.294. The zero-order valence-corrected chi connectivity index (χ0v) is 15.2. The van der Waals surface area contributed by atoms with Gasteiger partial charge < -0.3 is 15.4 Å². The molecule has 1 aromatic carbocycles. The highest BCUT2D eigenvalue weighted by molar-refractivity contribution is 5.73. The van der Waals surface area contributed by atoms with E-state index in [4.69, 9.17) is 0 Å². The molecule has 0 amide bonds. The highest BCUT2D eigenvalue weighted by atomic mass is 16.6. The van der Waals surface area contributed by atoms with E-state index in [0.29, 0.717) is 0 Å². The molecule has 0 radical (unpaired) electrons. The lowest BCUT2D eigenvalue weighted by Gasteiger charge is -2.08. The number of benzene rings is 1. The van der Waals surface area contributed by atoms with Crippen molar-refractivity contribution in [2.45, 2.75) is 19.3 Å². The van der Waals surface area contributed by atoms with Crippen LogP contribution in [0.1, 0.15) is 30.5 Å². The topological polar surface area (TPSA) is 184 Å². The summed E-state index contributed by atoms with van der Waals surface area (Å²) in [5, 5.41) is 34.2. The van der Waals surface area contributed by atoms with Gasteiger partial charge in [-0.2, -0.15) is 0 Å². The van der Waals surface area contributed by atoms with Crippen LogP contribution in [0.4, 0.5) is 11.4 Å². The lowest BCUT2D eigenvalue weighted by Crippen LogP contribution is -2.25. The Morgan fingerprint density at radius 3 is 2.14 bits per heavy atom. The number of aromatic hydroxyl groups is 1. The van der Waals surface area contributed by atoms with Crippen molar-refractivity contribution in [1.29, 1.82) is 0 Å². The molecular weight excluding hydrogens is 386 g/mol. The van der Waals surface area contributed by atoms with Crippen LogP contribution in [0.15, 0.2) is 27.8 Å². The average molecular weight is 405 g/mol. The number of phenols is 1. The van der Waals surface area contributed by atoms with Crippen LogP contribution >= 0.6 is 0 Å². The maximum Gasteiger partial charge on any atom is 0.357 e. The molecule has 4 N–H and O–H groups in total. The molecule has 0 bridgehead atoms. The molecule has 1 aliphatic rings. The summed E-state index contributed by atoms with van der Waals surface area (Å²) >= 11 is 0. The number of hydrogen-bond donors (Lipinski definition) is 4. The number of aromatic amines is 2. The normalized spacial score (nSPS) is 13.5. The number of phenolic OH excluding ortho intramolecular Hbond substituents is 1. The summed E-state index contributed by atoms with van der Waals surface area (Å²) in [7, 11) is 0. The fourth-order valence-corrected chi connectivity index (χ4v) is 2.58. The predicted molar refractivity (Wildman–Crippen MR) is 105 cm³/mol. The van der Waals surface area contributed by atoms with Gasteiger partial charge in [-0.15, -0.1) is 0 Å². The molecule has 1 saturated heterocycles. The molecular formula is C17H19N5O7. The minimum absolute atomic E-state index is 0.267. The highest BCUT2D eigenvalue weighted by Gasteiger charge is 2.19. The average Bonchev–Trinajstić information content (AvgIpc) is 2.67. The van der Waals surface area contributed by atoms with Gasteiger partial charge in [0.25, 0.3) is 0 Å². The first-order valence-electron chi connectivity index (χ1n) is 8.67. The van der Waals surface area contributed by atoms with E-state index in [-0.39, 0.29) is 11.3 Å². The minimum Gasteiger partial charge on any atom is -0.502 e. The molecule has 12 nitrogen and oxygen atoms in total. The number of nitrogens with zero attached hydrogens (tertiary/aromatic N) is 2. The molecule has 29 heavy (non-hydrogen) atoms. The third-order valence-electron chi connectivity index (χ3n) is 3.97. The largest absolute Gasteiger partial charge is 0.502 e. The van der Waals surface area contributed by atoms with Gasteiger partial charge in [-0.05, 0) is 49.7 Å². The minimum atomic E-state index is -1.16. The third kappa shape index (κ3) is 6.10. The van der Waals surface area contributed by atoms with Crippen LogP contribution in [0.5, 0.6) is 5.75 Å². The second-order valence-corrected chi connectivity index (χ2v) is 6.08. The molecule has 0 saturated carbocycles. The van der Waals surface area contributed by atoms with E-state index in [9.17, 15) is 34.9 Å². The monoisotopic (exact) mass is 405 g/mol. The Bertz CT molecular complexity index is 1030. The number of rotatable bonds is 4. The molecule has 3 rings (SSSR count). The van der Waals surface area contributed by atoms with E-state index < -0.39 is 38.2 Å². The van der Waals surface area contributed by atoms with Crippen molar-refractivity contribution in [3.8, 4) is 5.75 Å². The van der Waals surface area contributed by atoms with Gasteiger partial charge in [0.1, 0.15) is 5.69 Å². The third-order valence-corrected chi connectivity index (χ3v) is 3.97. The summed E-state index contributed by atoms with van der Waals surface area (Å²) in [5.41, 5.74) is -3.52. The molecule has 2 aromatic rings. The second-order valence-electron chi connectivity index (χ2n) is 6.08. The molecule has 0 unspecified atom stereocenters. The predicted octanol–water partition coefficient (Wildman–Crippen LogP) is 1.52. The molecule has 0 atom stereocenters. The first-order chi connectivity index (χ1) is 13.8. The quantitative estimate of drug-likeness (QED) is 0.435. The maximum absolute atomic E-state index is 11.4. The van der Waals surface area contributed by atoms with E-state index in [1.807, 2.05) is 0 Å². The summed E-state index contributed by atoms with van der Waals surface area (Å²) in [4.78, 5) is 46.1. The van der Waals surface area contributed by atoms with Crippen LogP contribution in [-0.4, -0.2) is 38.0 Å². The van der Waals surface area contributed by atoms with E-state index in [1.165, 1.54) is 44.5 Å². The van der Waals surface area contributed by atoms with Crippen LogP contribution in [0.3, 0.4) is 0 Å². The number of piperidine rings is 1. The van der Waals surface area contributed by atoms with Crippen LogP contribution < -0.4 is 16.6 Å². The van der Waals surface area contributed by atoms with Crippen LogP contribution in [0.25, 0.3) is 12.2 Å². The van der Waals surface area contributed by atoms with Gasteiger partial charge in [0.15, 0.2) is 5.75 Å². The fourth-order valence-electron chi connectivity index (χ4n) is 2.58. The standard InChI is InChI=1S/C12H8N4O7.C5H11N/c17-9-5-6(2-4-8(9)15(20)21)1-3-7-10(16(22)23)11(18)14-12(19)13-7;1-2-4-6-5-3-1/h1-5,17H,(H2,13,14,18,19);6H,1-5H2/b3-1+;.